The lowest BCUT2D eigenvalue weighted by Gasteiger charge is -2.10. The van der Waals surface area contributed by atoms with Gasteiger partial charge in [-0.1, -0.05) is 95.5 Å². The lowest BCUT2D eigenvalue weighted by atomic mass is 9.94. The minimum atomic E-state index is -0.262. The van der Waals surface area contributed by atoms with Crippen LogP contribution < -0.4 is 0 Å². The summed E-state index contributed by atoms with van der Waals surface area (Å²) in [7, 11) is 0.460. The molecular formula is C25H36ClOP. The minimum Gasteiger partial charge on any atom is -0.275 e. The van der Waals surface area contributed by atoms with Crippen molar-refractivity contribution < 1.29 is 4.79 Å². The number of halogens is 1. The van der Waals surface area contributed by atoms with Crippen LogP contribution >= 0.6 is 19.8 Å². The van der Waals surface area contributed by atoms with Crippen molar-refractivity contribution >= 4 is 25.0 Å². The second-order valence-corrected chi connectivity index (χ2v) is 9.50. The molecule has 28 heavy (non-hydrogen) atoms. The highest BCUT2D eigenvalue weighted by molar-refractivity contribution is 7.35. The fourth-order valence-electron chi connectivity index (χ4n) is 3.96. The number of carbonyl (C=O) groups is 1. The number of hydrogen-bond donors (Lipinski definition) is 0. The van der Waals surface area contributed by atoms with Crippen molar-refractivity contribution in [3.05, 3.63) is 46.5 Å². The van der Waals surface area contributed by atoms with Crippen LogP contribution in [0, 0.1) is 0 Å². The Balaban J connectivity index is 2.24. The van der Waals surface area contributed by atoms with Crippen molar-refractivity contribution in [1.82, 2.24) is 0 Å². The van der Waals surface area contributed by atoms with Gasteiger partial charge in [0.25, 0.3) is 5.24 Å². The number of benzene rings is 1. The predicted octanol–water partition coefficient (Wildman–Crippen LogP) is 8.79. The van der Waals surface area contributed by atoms with Gasteiger partial charge in [0.05, 0.1) is 5.30 Å². The lowest BCUT2D eigenvalue weighted by molar-refractivity contribution is 0.108. The summed E-state index contributed by atoms with van der Waals surface area (Å²) in [4.78, 5) is 12.2. The standard InChI is InChI=1S/C25H36ClOP/c1-3-5-7-9-14-18-21-22(19-15-10-8-6-4-2)28-24(25(26)27)23(21)20-16-12-11-13-17-20/h11-13,16-17,28H,3-10,14-15,18-19H2,1-2H3. The van der Waals surface area contributed by atoms with Crippen LogP contribution in [0.5, 0.6) is 0 Å². The van der Waals surface area contributed by atoms with Gasteiger partial charge in [0.15, 0.2) is 0 Å². The van der Waals surface area contributed by atoms with E-state index in [1.165, 1.54) is 75.1 Å². The molecule has 0 N–H and O–H groups in total. The Hall–Kier alpha value is -1.04. The molecule has 0 saturated carbocycles. The van der Waals surface area contributed by atoms with Gasteiger partial charge >= 0.3 is 0 Å². The molecule has 0 aliphatic heterocycles. The number of rotatable bonds is 14. The molecule has 0 aliphatic rings. The first kappa shape index (κ1) is 23.2. The van der Waals surface area contributed by atoms with E-state index in [1.807, 2.05) is 6.07 Å². The van der Waals surface area contributed by atoms with E-state index >= 15 is 0 Å². The summed E-state index contributed by atoms with van der Waals surface area (Å²) in [5, 5.41) is 2.08. The normalized spacial score (nSPS) is 11.4. The van der Waals surface area contributed by atoms with Gasteiger partial charge in [-0.15, -0.1) is 8.19 Å². The lowest BCUT2D eigenvalue weighted by Crippen LogP contribution is -1.95. The van der Waals surface area contributed by atoms with E-state index in [9.17, 15) is 4.79 Å². The van der Waals surface area contributed by atoms with E-state index in [0.29, 0.717) is 8.19 Å². The zero-order chi connectivity index (χ0) is 20.2. The second kappa shape index (κ2) is 13.2. The summed E-state index contributed by atoms with van der Waals surface area (Å²) in [6, 6.07) is 10.4. The smallest absolute Gasteiger partial charge is 0.256 e. The molecule has 1 aromatic carbocycles. The van der Waals surface area contributed by atoms with Crippen molar-refractivity contribution in [2.24, 2.45) is 0 Å². The zero-order valence-electron chi connectivity index (χ0n) is 17.7. The third kappa shape index (κ3) is 7.09. The third-order valence-electron chi connectivity index (χ3n) is 5.51. The third-order valence-corrected chi connectivity index (χ3v) is 7.44. The zero-order valence-corrected chi connectivity index (χ0v) is 19.4. The molecule has 1 aromatic heterocycles. The summed E-state index contributed by atoms with van der Waals surface area (Å²) in [5.41, 5.74) is 3.74. The first-order valence-corrected chi connectivity index (χ1v) is 12.6. The van der Waals surface area contributed by atoms with E-state index in [-0.39, 0.29) is 5.24 Å². The Labute approximate surface area is 178 Å². The fraction of sp³-hybridized carbons (Fsp3) is 0.560. The number of carbonyl (C=O) groups excluding carboxylic acids is 1. The van der Waals surface area contributed by atoms with Gasteiger partial charge in [-0.3, -0.25) is 4.79 Å². The van der Waals surface area contributed by atoms with Crippen molar-refractivity contribution in [3.8, 4) is 11.1 Å². The molecule has 1 heterocycles. The van der Waals surface area contributed by atoms with Crippen LogP contribution in [-0.2, 0) is 12.8 Å². The van der Waals surface area contributed by atoms with Gasteiger partial charge in [-0.2, -0.15) is 0 Å². The largest absolute Gasteiger partial charge is 0.275 e. The van der Waals surface area contributed by atoms with Crippen molar-refractivity contribution in [3.63, 3.8) is 0 Å². The van der Waals surface area contributed by atoms with Crippen LogP contribution in [0.25, 0.3) is 11.1 Å². The van der Waals surface area contributed by atoms with Crippen molar-refractivity contribution in [2.45, 2.75) is 90.9 Å². The van der Waals surface area contributed by atoms with Crippen LogP contribution in [0.3, 0.4) is 0 Å². The van der Waals surface area contributed by atoms with Gasteiger partial charge < -0.3 is 0 Å². The maximum Gasteiger partial charge on any atom is 0.256 e. The molecule has 3 heteroatoms. The second-order valence-electron chi connectivity index (χ2n) is 7.80. The Bertz CT molecular complexity index is 705. The highest BCUT2D eigenvalue weighted by Gasteiger charge is 2.21. The first-order chi connectivity index (χ1) is 13.7. The molecule has 1 nitrogen and oxygen atoms in total. The number of unbranched alkanes of at least 4 members (excludes halogenated alkanes) is 8. The average molecular weight is 419 g/mol. The highest BCUT2D eigenvalue weighted by Crippen LogP contribution is 2.42. The molecule has 0 aliphatic carbocycles. The molecule has 2 aromatic rings. The molecule has 0 amide bonds. The van der Waals surface area contributed by atoms with Crippen LogP contribution in [-0.4, -0.2) is 5.24 Å². The molecule has 0 spiro atoms. The average Bonchev–Trinajstić information content (AvgIpc) is 3.07. The first-order valence-electron chi connectivity index (χ1n) is 11.2. The van der Waals surface area contributed by atoms with Crippen LogP contribution in [0.15, 0.2) is 30.3 Å². The van der Waals surface area contributed by atoms with E-state index in [2.05, 4.69) is 38.1 Å². The predicted molar refractivity (Wildman–Crippen MR) is 126 cm³/mol. The van der Waals surface area contributed by atoms with Gasteiger partial charge in [-0.25, -0.2) is 0 Å². The topological polar surface area (TPSA) is 17.1 Å². The molecular weight excluding hydrogens is 383 g/mol. The molecule has 0 fully saturated rings. The quantitative estimate of drug-likeness (QED) is 0.221. The van der Waals surface area contributed by atoms with Gasteiger partial charge in [0, 0.05) is 5.56 Å². The van der Waals surface area contributed by atoms with Crippen LogP contribution in [0.4, 0.5) is 0 Å². The molecule has 0 radical (unpaired) electrons. The molecule has 0 bridgehead atoms. The summed E-state index contributed by atoms with van der Waals surface area (Å²) in [6.07, 6.45) is 15.0. The number of hydrogen-bond acceptors (Lipinski definition) is 1. The maximum absolute atomic E-state index is 12.2. The molecule has 154 valence electrons. The summed E-state index contributed by atoms with van der Waals surface area (Å²) in [5.74, 6) is 0. The fourth-order valence-corrected chi connectivity index (χ4v) is 5.72. The van der Waals surface area contributed by atoms with E-state index in [1.54, 1.807) is 0 Å². The van der Waals surface area contributed by atoms with Gasteiger partial charge in [-0.05, 0) is 53.7 Å². The summed E-state index contributed by atoms with van der Waals surface area (Å²) < 4.78 is 0. The van der Waals surface area contributed by atoms with Gasteiger partial charge in [0.2, 0.25) is 0 Å². The minimum absolute atomic E-state index is 0.262. The van der Waals surface area contributed by atoms with E-state index in [0.717, 1.165) is 29.3 Å². The van der Waals surface area contributed by atoms with Crippen molar-refractivity contribution in [2.75, 3.05) is 0 Å². The number of aryl methyl sites for hydroxylation is 1. The van der Waals surface area contributed by atoms with Crippen molar-refractivity contribution in [1.29, 1.82) is 0 Å². The highest BCUT2D eigenvalue weighted by atomic mass is 35.5. The Morgan fingerprint density at radius 1 is 0.821 bits per heavy atom. The van der Waals surface area contributed by atoms with Gasteiger partial charge in [0.1, 0.15) is 0 Å². The maximum atomic E-state index is 12.2. The van der Waals surface area contributed by atoms with Crippen LogP contribution in [0.2, 0.25) is 0 Å². The van der Waals surface area contributed by atoms with Crippen LogP contribution in [0.1, 0.15) is 99.0 Å². The van der Waals surface area contributed by atoms with E-state index < -0.39 is 0 Å². The Morgan fingerprint density at radius 3 is 1.96 bits per heavy atom. The summed E-state index contributed by atoms with van der Waals surface area (Å²) >= 11 is 6.05. The summed E-state index contributed by atoms with van der Waals surface area (Å²) in [6.45, 7) is 4.51. The molecule has 1 atom stereocenters. The monoisotopic (exact) mass is 418 g/mol. The molecule has 1 unspecified atom stereocenters. The van der Waals surface area contributed by atoms with E-state index in [4.69, 9.17) is 11.6 Å². The molecule has 2 rings (SSSR count). The Kier molecular flexibility index (Phi) is 11.0. The SMILES string of the molecule is CCCCCCCc1[pH]c(C(=O)Cl)c(-c2ccccc2)c1CCCCCCC. The molecule has 0 saturated heterocycles. The Morgan fingerprint density at radius 2 is 1.39 bits per heavy atom.